The average Bonchev–Trinajstić information content (AvgIpc) is 2.76. The molecule has 1 aromatic heterocycles. The van der Waals surface area contributed by atoms with Gasteiger partial charge in [-0.1, -0.05) is 19.1 Å². The van der Waals surface area contributed by atoms with Crippen LogP contribution in [0.15, 0.2) is 65.7 Å². The van der Waals surface area contributed by atoms with Crippen LogP contribution in [0.4, 0.5) is 5.69 Å². The number of anilines is 1. The Morgan fingerprint density at radius 1 is 1.06 bits per heavy atom. The van der Waals surface area contributed by atoms with Gasteiger partial charge in [-0.05, 0) is 48.9 Å². The van der Waals surface area contributed by atoms with Crippen molar-refractivity contribution in [3.8, 4) is 17.4 Å². The highest BCUT2D eigenvalue weighted by Crippen LogP contribution is 2.31. The Bertz CT molecular complexity index is 1180. The SMILES string of the molecule is CCNS(=O)(=O)c1cccc(C(=O)Nc2ccc(Oc3ccc(C)cc3OC)nc2)c1. The maximum atomic E-state index is 12.5. The first-order chi connectivity index (χ1) is 14.8. The Balaban J connectivity index is 1.71. The van der Waals surface area contributed by atoms with Crippen LogP contribution in [0.1, 0.15) is 22.8 Å². The molecule has 0 unspecified atom stereocenters. The molecule has 0 aliphatic rings. The van der Waals surface area contributed by atoms with Gasteiger partial charge in [-0.25, -0.2) is 18.1 Å². The predicted molar refractivity (Wildman–Crippen MR) is 117 cm³/mol. The van der Waals surface area contributed by atoms with Gasteiger partial charge >= 0.3 is 0 Å². The molecule has 0 bridgehead atoms. The Labute approximate surface area is 181 Å². The van der Waals surface area contributed by atoms with Gasteiger partial charge in [0.05, 0.1) is 23.9 Å². The number of nitrogens with zero attached hydrogens (tertiary/aromatic N) is 1. The molecular weight excluding hydrogens is 418 g/mol. The van der Waals surface area contributed by atoms with Crippen LogP contribution in [0.25, 0.3) is 0 Å². The number of amides is 1. The number of sulfonamides is 1. The highest BCUT2D eigenvalue weighted by atomic mass is 32.2. The highest BCUT2D eigenvalue weighted by Gasteiger charge is 2.15. The number of nitrogens with one attached hydrogen (secondary N) is 2. The Kier molecular flexibility index (Phi) is 6.88. The summed E-state index contributed by atoms with van der Waals surface area (Å²) in [5, 5.41) is 2.69. The zero-order chi connectivity index (χ0) is 22.4. The lowest BCUT2D eigenvalue weighted by atomic mass is 10.2. The van der Waals surface area contributed by atoms with E-state index in [2.05, 4.69) is 15.0 Å². The lowest BCUT2D eigenvalue weighted by molar-refractivity contribution is 0.102. The number of rotatable bonds is 8. The first kappa shape index (κ1) is 22.3. The van der Waals surface area contributed by atoms with Crippen LogP contribution in [0.5, 0.6) is 17.4 Å². The van der Waals surface area contributed by atoms with Crippen LogP contribution < -0.4 is 19.5 Å². The van der Waals surface area contributed by atoms with Gasteiger partial charge in [0.25, 0.3) is 5.91 Å². The van der Waals surface area contributed by atoms with Gasteiger partial charge in [0.2, 0.25) is 15.9 Å². The van der Waals surface area contributed by atoms with E-state index in [9.17, 15) is 13.2 Å². The Morgan fingerprint density at radius 2 is 1.87 bits per heavy atom. The van der Waals surface area contributed by atoms with E-state index in [-0.39, 0.29) is 17.0 Å². The van der Waals surface area contributed by atoms with Crippen LogP contribution in [-0.2, 0) is 10.0 Å². The zero-order valence-corrected chi connectivity index (χ0v) is 18.2. The molecule has 0 spiro atoms. The molecule has 0 fully saturated rings. The van der Waals surface area contributed by atoms with Gasteiger partial charge in [-0.15, -0.1) is 0 Å². The molecule has 0 atom stereocenters. The lowest BCUT2D eigenvalue weighted by Gasteiger charge is -2.11. The molecular formula is C22H23N3O5S. The number of aromatic nitrogens is 1. The molecule has 162 valence electrons. The second-order valence-corrected chi connectivity index (χ2v) is 8.39. The number of carbonyl (C=O) groups excluding carboxylic acids is 1. The molecule has 31 heavy (non-hydrogen) atoms. The van der Waals surface area contributed by atoms with Gasteiger partial charge in [0, 0.05) is 18.2 Å². The van der Waals surface area contributed by atoms with Crippen molar-refractivity contribution in [1.82, 2.24) is 9.71 Å². The predicted octanol–water partition coefficient (Wildman–Crippen LogP) is 3.74. The molecule has 2 N–H and O–H groups in total. The third-order valence-corrected chi connectivity index (χ3v) is 5.81. The Hall–Kier alpha value is -3.43. The summed E-state index contributed by atoms with van der Waals surface area (Å²) in [6.45, 7) is 3.89. The third-order valence-electron chi connectivity index (χ3n) is 4.27. The smallest absolute Gasteiger partial charge is 0.255 e. The van der Waals surface area contributed by atoms with E-state index >= 15 is 0 Å². The summed E-state index contributed by atoms with van der Waals surface area (Å²) in [5.74, 6) is 0.991. The molecule has 1 heterocycles. The van der Waals surface area contributed by atoms with Crippen LogP contribution in [0.3, 0.4) is 0 Å². The number of methoxy groups -OCH3 is 1. The lowest BCUT2D eigenvalue weighted by Crippen LogP contribution is -2.23. The largest absolute Gasteiger partial charge is 0.493 e. The first-order valence-electron chi connectivity index (χ1n) is 9.52. The van der Waals surface area contributed by atoms with E-state index in [1.807, 2.05) is 19.1 Å². The summed E-state index contributed by atoms with van der Waals surface area (Å²) in [6.07, 6.45) is 1.45. The van der Waals surface area contributed by atoms with E-state index in [0.717, 1.165) is 5.56 Å². The molecule has 3 rings (SSSR count). The number of ether oxygens (including phenoxy) is 2. The topological polar surface area (TPSA) is 107 Å². The van der Waals surface area contributed by atoms with Gasteiger partial charge in [0.15, 0.2) is 11.5 Å². The van der Waals surface area contributed by atoms with E-state index in [1.165, 1.54) is 30.5 Å². The van der Waals surface area contributed by atoms with E-state index < -0.39 is 15.9 Å². The minimum absolute atomic E-state index is 0.0240. The molecule has 8 nitrogen and oxygen atoms in total. The summed E-state index contributed by atoms with van der Waals surface area (Å²) in [6, 6.07) is 14.6. The molecule has 0 aliphatic carbocycles. The molecule has 2 aromatic carbocycles. The van der Waals surface area contributed by atoms with Gasteiger partial charge in [-0.2, -0.15) is 0 Å². The van der Waals surface area contributed by atoms with Gasteiger partial charge < -0.3 is 14.8 Å². The van der Waals surface area contributed by atoms with Crippen molar-refractivity contribution in [2.75, 3.05) is 19.0 Å². The number of hydrogen-bond acceptors (Lipinski definition) is 6. The van der Waals surface area contributed by atoms with Crippen molar-refractivity contribution >= 4 is 21.6 Å². The fraction of sp³-hybridized carbons (Fsp3) is 0.182. The van der Waals surface area contributed by atoms with E-state index in [4.69, 9.17) is 9.47 Å². The standard InChI is InChI=1S/C22H23N3O5S/c1-4-24-31(27,28)18-7-5-6-16(13-18)22(26)25-17-9-11-21(23-14-17)30-19-10-8-15(2)12-20(19)29-3/h5-14,24H,4H2,1-3H3,(H,25,26). The monoisotopic (exact) mass is 441 g/mol. The van der Waals surface area contributed by atoms with E-state index in [0.29, 0.717) is 23.1 Å². The molecule has 0 aliphatic heterocycles. The normalized spacial score (nSPS) is 11.1. The second kappa shape index (κ2) is 9.59. The fourth-order valence-electron chi connectivity index (χ4n) is 2.77. The molecule has 0 radical (unpaired) electrons. The highest BCUT2D eigenvalue weighted by molar-refractivity contribution is 7.89. The number of hydrogen-bond donors (Lipinski definition) is 2. The van der Waals surface area contributed by atoms with E-state index in [1.54, 1.807) is 32.2 Å². The van der Waals surface area contributed by atoms with Crippen molar-refractivity contribution in [2.45, 2.75) is 18.7 Å². The molecule has 0 saturated carbocycles. The van der Waals surface area contributed by atoms with Crippen molar-refractivity contribution in [3.05, 3.63) is 71.9 Å². The summed E-state index contributed by atoms with van der Waals surface area (Å²) in [5.41, 5.74) is 1.69. The van der Waals surface area contributed by atoms with Crippen molar-refractivity contribution in [2.24, 2.45) is 0 Å². The summed E-state index contributed by atoms with van der Waals surface area (Å²) >= 11 is 0. The average molecular weight is 442 g/mol. The first-order valence-corrected chi connectivity index (χ1v) is 11.0. The van der Waals surface area contributed by atoms with Crippen LogP contribution in [-0.4, -0.2) is 33.0 Å². The summed E-state index contributed by atoms with van der Waals surface area (Å²) in [4.78, 5) is 16.8. The molecule has 3 aromatic rings. The van der Waals surface area contributed by atoms with Gasteiger partial charge in [0.1, 0.15) is 0 Å². The Morgan fingerprint density at radius 3 is 2.55 bits per heavy atom. The molecule has 9 heteroatoms. The maximum absolute atomic E-state index is 12.5. The quantitative estimate of drug-likeness (QED) is 0.552. The van der Waals surface area contributed by atoms with Crippen molar-refractivity contribution in [1.29, 1.82) is 0 Å². The molecule has 0 saturated heterocycles. The number of pyridine rings is 1. The minimum atomic E-state index is -3.65. The summed E-state index contributed by atoms with van der Waals surface area (Å²) < 4.78 is 37.8. The van der Waals surface area contributed by atoms with Gasteiger partial charge in [-0.3, -0.25) is 4.79 Å². The number of aryl methyl sites for hydroxylation is 1. The maximum Gasteiger partial charge on any atom is 0.255 e. The molecule has 1 amide bonds. The number of benzene rings is 2. The van der Waals surface area contributed by atoms with Crippen molar-refractivity contribution in [3.63, 3.8) is 0 Å². The second-order valence-electron chi connectivity index (χ2n) is 6.62. The van der Waals surface area contributed by atoms with Crippen LogP contribution >= 0.6 is 0 Å². The summed E-state index contributed by atoms with van der Waals surface area (Å²) in [7, 11) is -2.09. The van der Waals surface area contributed by atoms with Crippen LogP contribution in [0, 0.1) is 6.92 Å². The fourth-order valence-corrected chi connectivity index (χ4v) is 3.85. The van der Waals surface area contributed by atoms with Crippen LogP contribution in [0.2, 0.25) is 0 Å². The zero-order valence-electron chi connectivity index (χ0n) is 17.4. The minimum Gasteiger partial charge on any atom is -0.493 e. The number of carbonyl (C=O) groups is 1. The third kappa shape index (κ3) is 5.59. The van der Waals surface area contributed by atoms with Crippen molar-refractivity contribution < 1.29 is 22.7 Å².